The number of halogens is 1. The number of rotatable bonds is 12. The van der Waals surface area contributed by atoms with E-state index < -0.39 is 27.9 Å². The highest BCUT2D eigenvalue weighted by atomic mass is 32.2. The zero-order valence-corrected chi connectivity index (χ0v) is 39.3. The van der Waals surface area contributed by atoms with Gasteiger partial charge in [0.15, 0.2) is 15.6 Å². The molecule has 7 nitrogen and oxygen atoms in total. The van der Waals surface area contributed by atoms with Crippen molar-refractivity contribution in [2.75, 3.05) is 50.9 Å². The highest BCUT2D eigenvalue weighted by molar-refractivity contribution is 7.91. The molecule has 1 heterocycles. The maximum absolute atomic E-state index is 14.8. The van der Waals surface area contributed by atoms with E-state index in [1.54, 1.807) is 0 Å². The Balaban J connectivity index is 0.985. The van der Waals surface area contributed by atoms with E-state index >= 15 is 0 Å². The van der Waals surface area contributed by atoms with E-state index in [1.807, 2.05) is 30.3 Å². The van der Waals surface area contributed by atoms with Crippen LogP contribution in [-0.2, 0) is 30.8 Å². The normalized spacial score (nSPS) is 38.2. The lowest BCUT2D eigenvalue weighted by atomic mass is 9.33. The first-order chi connectivity index (χ1) is 28.8. The first-order valence-electron chi connectivity index (χ1n) is 23.9. The van der Waals surface area contributed by atoms with Crippen LogP contribution < -0.4 is 5.32 Å². The van der Waals surface area contributed by atoms with Crippen LogP contribution in [0.3, 0.4) is 0 Å². The van der Waals surface area contributed by atoms with Crippen molar-refractivity contribution in [2.45, 2.75) is 132 Å². The molecule has 7 aliphatic rings. The summed E-state index contributed by atoms with van der Waals surface area (Å²) >= 11 is 0. The van der Waals surface area contributed by atoms with Crippen molar-refractivity contribution >= 4 is 21.6 Å². The van der Waals surface area contributed by atoms with E-state index in [0.717, 1.165) is 62.9 Å². The summed E-state index contributed by atoms with van der Waals surface area (Å²) in [5.74, 6) is 2.21. The minimum atomic E-state index is -2.88. The van der Waals surface area contributed by atoms with Gasteiger partial charge in [0.05, 0.1) is 16.9 Å². The number of carbonyl (C=O) groups excluding carboxylic acids is 2. The van der Waals surface area contributed by atoms with Crippen LogP contribution in [0.4, 0.5) is 4.39 Å². The number of esters is 1. The Morgan fingerprint density at radius 2 is 1.66 bits per heavy atom. The fraction of sp³-hybridized carbons (Fsp3) is 0.731. The Labute approximate surface area is 367 Å². The number of nitrogens with one attached hydrogen (secondary N) is 1. The van der Waals surface area contributed by atoms with Crippen molar-refractivity contribution in [3.8, 4) is 0 Å². The molecule has 1 aromatic carbocycles. The number of hydrogen-bond acceptors (Lipinski definition) is 7. The average molecular weight is 859 g/mol. The predicted molar refractivity (Wildman–Crippen MR) is 242 cm³/mol. The van der Waals surface area contributed by atoms with Crippen molar-refractivity contribution in [2.24, 2.45) is 56.2 Å². The van der Waals surface area contributed by atoms with Crippen molar-refractivity contribution in [3.05, 3.63) is 70.3 Å². The third kappa shape index (κ3) is 7.58. The monoisotopic (exact) mass is 859 g/mol. The van der Waals surface area contributed by atoms with Crippen LogP contribution in [0.5, 0.6) is 0 Å². The minimum Gasteiger partial charge on any atom is -0.460 e. The summed E-state index contributed by atoms with van der Waals surface area (Å²) in [6, 6.07) is 9.64. The van der Waals surface area contributed by atoms with Crippen molar-refractivity contribution in [3.63, 3.8) is 0 Å². The van der Waals surface area contributed by atoms with Gasteiger partial charge in [-0.1, -0.05) is 96.5 Å². The van der Waals surface area contributed by atoms with Gasteiger partial charge in [-0.15, -0.1) is 0 Å². The number of carbonyl (C=O) groups is 2. The number of nitrogens with zero attached hydrogens (tertiary/aromatic N) is 1. The topological polar surface area (TPSA) is 92.8 Å². The molecule has 1 aliphatic heterocycles. The van der Waals surface area contributed by atoms with Crippen molar-refractivity contribution in [1.82, 2.24) is 10.2 Å². The lowest BCUT2D eigenvalue weighted by molar-refractivity contribution is -0.198. The van der Waals surface area contributed by atoms with Crippen molar-refractivity contribution < 1.29 is 27.1 Å². The van der Waals surface area contributed by atoms with Gasteiger partial charge in [-0.3, -0.25) is 9.59 Å². The molecule has 61 heavy (non-hydrogen) atoms. The number of ketones is 1. The zero-order chi connectivity index (χ0) is 43.6. The summed E-state index contributed by atoms with van der Waals surface area (Å²) in [6.45, 7) is 20.7. The molecule has 1 aromatic rings. The second kappa shape index (κ2) is 16.4. The second-order valence-electron chi connectivity index (χ2n) is 22.5. The quantitative estimate of drug-likeness (QED) is 0.165. The standard InChI is InChI=1S/C52H75FN2O5S/c1-36(2)44-41(56)32-52(35-54-26-11-27-55-28-30-61(58,59)31-29-55)25-24-49(6)40(45(44)52)14-15-43-48(5)20-18-39(47(3,4)42(48)19-21-50(43,49)7)38-16-22-51(34-53,23-17-38)46(57)60-33-37-12-9-8-10-13-37/h8-10,12-13,16,18,36,40,42-43,54H,11,14-15,17,19-35H2,1-7H3/t40-,42+,43-,48+,49-,50-,51+,52+/m1/s1. The molecule has 3 saturated carbocycles. The fourth-order valence-corrected chi connectivity index (χ4v) is 16.5. The van der Waals surface area contributed by atoms with Gasteiger partial charge >= 0.3 is 5.97 Å². The molecule has 0 radical (unpaired) electrons. The van der Waals surface area contributed by atoms with Gasteiger partial charge in [-0.05, 0) is 151 Å². The maximum atomic E-state index is 14.8. The smallest absolute Gasteiger partial charge is 0.315 e. The number of Topliss-reactive ketones (excluding diaryl/α,β-unsaturated/α-hetero) is 1. The molecule has 0 spiro atoms. The highest BCUT2D eigenvalue weighted by Gasteiger charge is 2.69. The highest BCUT2D eigenvalue weighted by Crippen LogP contribution is 2.76. The fourth-order valence-electron chi connectivity index (χ4n) is 15.2. The third-order valence-electron chi connectivity index (χ3n) is 18.7. The van der Waals surface area contributed by atoms with Gasteiger partial charge in [0.1, 0.15) is 13.3 Å². The summed E-state index contributed by atoms with van der Waals surface area (Å²) in [5, 5.41) is 3.85. The van der Waals surface area contributed by atoms with Gasteiger partial charge in [0, 0.05) is 31.5 Å². The van der Waals surface area contributed by atoms with Crippen LogP contribution in [-0.4, -0.2) is 76.0 Å². The molecule has 0 aromatic heterocycles. The molecule has 9 heteroatoms. The maximum Gasteiger partial charge on any atom is 0.315 e. The molecule has 6 aliphatic carbocycles. The van der Waals surface area contributed by atoms with Crippen LogP contribution in [0, 0.1) is 56.2 Å². The number of hydrogen-bond donors (Lipinski definition) is 1. The SMILES string of the molecule is CC(C)C1=C2[C@H]3CC[C@@H]4[C@@]5(C)CC=C(C6=CC[C@](CF)(C(=O)OCc7ccccc7)CC6)C(C)(C)[C@@H]5CC[C@@]4(C)[C@]3(C)CC[C@@]2(CNCCCN2CCS(=O)(=O)CC2)CC1=O. The van der Waals surface area contributed by atoms with E-state index in [1.165, 1.54) is 36.0 Å². The molecule has 0 unspecified atom stereocenters. The number of ether oxygens (including phenoxy) is 1. The summed E-state index contributed by atoms with van der Waals surface area (Å²) in [6.07, 6.45) is 15.8. The minimum absolute atomic E-state index is 0.0498. The summed E-state index contributed by atoms with van der Waals surface area (Å²) in [5.41, 5.74) is 5.41. The van der Waals surface area contributed by atoms with Crippen LogP contribution in [0.1, 0.15) is 131 Å². The average Bonchev–Trinajstić information content (AvgIpc) is 3.53. The molecular formula is C52H75FN2O5S. The van der Waals surface area contributed by atoms with Crippen molar-refractivity contribution in [1.29, 1.82) is 0 Å². The molecule has 1 saturated heterocycles. The molecule has 0 amide bonds. The Kier molecular flexibility index (Phi) is 12.1. The molecule has 8 atom stereocenters. The van der Waals surface area contributed by atoms with Gasteiger partial charge in [0.2, 0.25) is 0 Å². The van der Waals surface area contributed by atoms with E-state index in [2.05, 4.69) is 70.8 Å². The molecular weight excluding hydrogens is 784 g/mol. The number of sulfone groups is 1. The molecule has 0 bridgehead atoms. The van der Waals surface area contributed by atoms with Crippen LogP contribution in [0.25, 0.3) is 0 Å². The summed E-state index contributed by atoms with van der Waals surface area (Å²) < 4.78 is 44.4. The van der Waals surface area contributed by atoms with E-state index in [9.17, 15) is 22.4 Å². The predicted octanol–water partition coefficient (Wildman–Crippen LogP) is 10.0. The van der Waals surface area contributed by atoms with Crippen LogP contribution >= 0.6 is 0 Å². The third-order valence-corrected chi connectivity index (χ3v) is 20.3. The first-order valence-corrected chi connectivity index (χ1v) is 25.8. The Morgan fingerprint density at radius 1 is 0.918 bits per heavy atom. The second-order valence-corrected chi connectivity index (χ2v) is 24.8. The Morgan fingerprint density at radius 3 is 2.33 bits per heavy atom. The van der Waals surface area contributed by atoms with Gasteiger partial charge < -0.3 is 15.0 Å². The van der Waals surface area contributed by atoms with E-state index in [4.69, 9.17) is 4.74 Å². The molecule has 8 rings (SSSR count). The first kappa shape index (κ1) is 45.0. The number of alkyl halides is 1. The number of allylic oxidation sites excluding steroid dienone is 5. The number of benzene rings is 1. The zero-order valence-electron chi connectivity index (χ0n) is 38.5. The number of fused-ring (bicyclic) bond motifs is 7. The summed E-state index contributed by atoms with van der Waals surface area (Å²) in [7, 11) is -2.88. The van der Waals surface area contributed by atoms with Crippen LogP contribution in [0.15, 0.2) is 64.8 Å². The lowest BCUT2D eigenvalue weighted by Gasteiger charge is -2.71. The van der Waals surface area contributed by atoms with E-state index in [0.29, 0.717) is 62.3 Å². The lowest BCUT2D eigenvalue weighted by Crippen LogP contribution is -2.64. The largest absolute Gasteiger partial charge is 0.460 e. The van der Waals surface area contributed by atoms with Crippen LogP contribution in [0.2, 0.25) is 0 Å². The Hall–Kier alpha value is -2.62. The summed E-state index contributed by atoms with van der Waals surface area (Å²) in [4.78, 5) is 29.8. The van der Waals surface area contributed by atoms with Gasteiger partial charge in [-0.25, -0.2) is 12.8 Å². The molecule has 1 N–H and O–H groups in total. The Bertz CT molecular complexity index is 2060. The van der Waals surface area contributed by atoms with E-state index in [-0.39, 0.29) is 51.1 Å². The molecule has 336 valence electrons. The van der Waals surface area contributed by atoms with Gasteiger partial charge in [0.25, 0.3) is 0 Å². The molecule has 4 fully saturated rings. The van der Waals surface area contributed by atoms with Gasteiger partial charge in [-0.2, -0.15) is 0 Å².